The van der Waals surface area contributed by atoms with E-state index in [4.69, 9.17) is 19.9 Å². The molecule has 0 aliphatic heterocycles. The summed E-state index contributed by atoms with van der Waals surface area (Å²) in [4.78, 5) is 3.12. The van der Waals surface area contributed by atoms with Crippen molar-refractivity contribution in [1.82, 2.24) is 4.98 Å². The summed E-state index contributed by atoms with van der Waals surface area (Å²) in [7, 11) is 4.59. The van der Waals surface area contributed by atoms with Gasteiger partial charge in [-0.25, -0.2) is 8.78 Å². The summed E-state index contributed by atoms with van der Waals surface area (Å²) in [6.07, 6.45) is 2.25. The Morgan fingerprint density at radius 3 is 2.18 bits per heavy atom. The first-order valence-electron chi connectivity index (χ1n) is 9.04. The number of hydrogen-bond donors (Lipinski definition) is 2. The molecule has 0 atom stereocenters. The molecule has 1 heterocycles. The molecule has 5 nitrogen and oxygen atoms in total. The Morgan fingerprint density at radius 1 is 0.929 bits per heavy atom. The highest BCUT2D eigenvalue weighted by molar-refractivity contribution is 5.92. The number of aryl methyl sites for hydroxylation is 1. The topological polar surface area (TPSA) is 69.5 Å². The third kappa shape index (κ3) is 3.62. The van der Waals surface area contributed by atoms with Gasteiger partial charge in [0, 0.05) is 17.0 Å². The number of fused-ring (bicyclic) bond motifs is 1. The average Bonchev–Trinajstić information content (AvgIpc) is 3.05. The Morgan fingerprint density at radius 2 is 1.61 bits per heavy atom. The number of halogens is 2. The number of methoxy groups -OCH3 is 3. The molecule has 0 saturated carbocycles. The minimum absolute atomic E-state index is 0.271. The van der Waals surface area contributed by atoms with Crippen molar-refractivity contribution in [2.75, 3.05) is 27.9 Å². The maximum absolute atomic E-state index is 14.4. The highest BCUT2D eigenvalue weighted by Gasteiger charge is 2.20. The third-order valence-electron chi connectivity index (χ3n) is 4.77. The Bertz CT molecular complexity index is 960. The highest BCUT2D eigenvalue weighted by atomic mass is 19.1. The van der Waals surface area contributed by atoms with Crippen LogP contribution < -0.4 is 19.9 Å². The highest BCUT2D eigenvalue weighted by Crippen LogP contribution is 2.43. The molecule has 0 fully saturated rings. The molecule has 0 unspecified atom stereocenters. The summed E-state index contributed by atoms with van der Waals surface area (Å²) in [5, 5.41) is 0.526. The van der Waals surface area contributed by atoms with Crippen molar-refractivity contribution in [2.24, 2.45) is 5.73 Å². The van der Waals surface area contributed by atoms with Crippen LogP contribution in [0.4, 0.5) is 8.78 Å². The van der Waals surface area contributed by atoms with E-state index in [9.17, 15) is 8.78 Å². The molecule has 0 amide bonds. The smallest absolute Gasteiger partial charge is 0.203 e. The van der Waals surface area contributed by atoms with Crippen LogP contribution in [-0.4, -0.2) is 32.9 Å². The van der Waals surface area contributed by atoms with Crippen molar-refractivity contribution < 1.29 is 23.0 Å². The van der Waals surface area contributed by atoms with Gasteiger partial charge in [0.05, 0.1) is 32.5 Å². The quantitative estimate of drug-likeness (QED) is 0.559. The molecular formula is C21H24F2N2O3. The predicted octanol–water partition coefficient (Wildman–Crippen LogP) is 4.42. The summed E-state index contributed by atoms with van der Waals surface area (Å²) in [5.74, 6) is 0.186. The number of nitrogens with one attached hydrogen (secondary N) is 1. The first-order chi connectivity index (χ1) is 13.5. The molecule has 1 aromatic heterocycles. The Labute approximate surface area is 162 Å². The van der Waals surface area contributed by atoms with E-state index in [1.54, 1.807) is 12.1 Å². The van der Waals surface area contributed by atoms with Crippen LogP contribution in [0.2, 0.25) is 0 Å². The van der Waals surface area contributed by atoms with Gasteiger partial charge in [0.1, 0.15) is 11.6 Å². The molecule has 7 heteroatoms. The van der Waals surface area contributed by atoms with Crippen LogP contribution in [0.3, 0.4) is 0 Å². The van der Waals surface area contributed by atoms with Crippen molar-refractivity contribution in [3.63, 3.8) is 0 Å². The van der Waals surface area contributed by atoms with Crippen LogP contribution in [0.15, 0.2) is 24.3 Å². The lowest BCUT2D eigenvalue weighted by Crippen LogP contribution is -2.00. The second-order valence-corrected chi connectivity index (χ2v) is 6.45. The molecule has 28 heavy (non-hydrogen) atoms. The van der Waals surface area contributed by atoms with E-state index in [-0.39, 0.29) is 5.52 Å². The lowest BCUT2D eigenvalue weighted by atomic mass is 9.99. The molecule has 150 valence electrons. The summed E-state index contributed by atoms with van der Waals surface area (Å²) in [6.45, 7) is 0.560. The van der Waals surface area contributed by atoms with E-state index in [1.807, 2.05) is 0 Å². The van der Waals surface area contributed by atoms with Gasteiger partial charge in [-0.1, -0.05) is 0 Å². The van der Waals surface area contributed by atoms with E-state index in [1.165, 1.54) is 27.4 Å². The number of aromatic amines is 1. The molecule has 0 spiro atoms. The van der Waals surface area contributed by atoms with Gasteiger partial charge in [0.25, 0.3) is 0 Å². The minimum Gasteiger partial charge on any atom is -0.493 e. The van der Waals surface area contributed by atoms with Gasteiger partial charge in [-0.15, -0.1) is 0 Å². The average molecular weight is 390 g/mol. The molecule has 0 saturated heterocycles. The second kappa shape index (κ2) is 8.48. The Balaban J connectivity index is 2.24. The van der Waals surface area contributed by atoms with Gasteiger partial charge in [-0.3, -0.25) is 0 Å². The zero-order chi connectivity index (χ0) is 20.3. The normalized spacial score (nSPS) is 11.1. The predicted molar refractivity (Wildman–Crippen MR) is 105 cm³/mol. The maximum Gasteiger partial charge on any atom is 0.203 e. The van der Waals surface area contributed by atoms with Crippen LogP contribution in [0.1, 0.15) is 18.4 Å². The molecule has 3 aromatic rings. The Kier molecular flexibility index (Phi) is 6.04. The molecule has 3 N–H and O–H groups in total. The van der Waals surface area contributed by atoms with Gasteiger partial charge in [0.15, 0.2) is 11.5 Å². The second-order valence-electron chi connectivity index (χ2n) is 6.45. The Hall–Kier alpha value is -2.80. The zero-order valence-corrected chi connectivity index (χ0v) is 16.2. The standard InChI is InChI=1S/C21H24F2N2O3/c1-26-17-8-12(9-18(27-2)21(17)28-3)19-14(6-4-5-7-24)15-10-13(22)11-16(23)20(15)25-19/h8-11,25H,4-7,24H2,1-3H3. The van der Waals surface area contributed by atoms with Crippen molar-refractivity contribution in [3.05, 3.63) is 41.5 Å². The van der Waals surface area contributed by atoms with Crippen LogP contribution in [0, 0.1) is 11.6 Å². The van der Waals surface area contributed by atoms with Gasteiger partial charge in [-0.05, 0) is 49.6 Å². The van der Waals surface area contributed by atoms with Crippen LogP contribution in [-0.2, 0) is 6.42 Å². The molecule has 0 radical (unpaired) electrons. The molecule has 0 bridgehead atoms. The lowest BCUT2D eigenvalue weighted by molar-refractivity contribution is 0.324. The molecule has 2 aromatic carbocycles. The van der Waals surface area contributed by atoms with Crippen LogP contribution in [0.25, 0.3) is 22.2 Å². The van der Waals surface area contributed by atoms with E-state index in [2.05, 4.69) is 4.98 Å². The van der Waals surface area contributed by atoms with Crippen molar-refractivity contribution >= 4 is 10.9 Å². The number of benzene rings is 2. The molecule has 0 aliphatic carbocycles. The van der Waals surface area contributed by atoms with Crippen LogP contribution >= 0.6 is 0 Å². The fraction of sp³-hybridized carbons (Fsp3) is 0.333. The van der Waals surface area contributed by atoms with Crippen molar-refractivity contribution in [3.8, 4) is 28.5 Å². The van der Waals surface area contributed by atoms with E-state index >= 15 is 0 Å². The fourth-order valence-corrected chi connectivity index (χ4v) is 3.45. The van der Waals surface area contributed by atoms with Crippen molar-refractivity contribution in [2.45, 2.75) is 19.3 Å². The third-order valence-corrected chi connectivity index (χ3v) is 4.77. The number of aromatic nitrogens is 1. The monoisotopic (exact) mass is 390 g/mol. The molecular weight excluding hydrogens is 366 g/mol. The number of unbranched alkanes of at least 4 members (excludes halogenated alkanes) is 1. The van der Waals surface area contributed by atoms with E-state index in [0.29, 0.717) is 41.3 Å². The summed E-state index contributed by atoms with van der Waals surface area (Å²) >= 11 is 0. The number of nitrogens with two attached hydrogens (primary N) is 1. The molecule has 0 aliphatic rings. The SMILES string of the molecule is COc1cc(-c2[nH]c3c(F)cc(F)cc3c2CCCCN)cc(OC)c1OC. The van der Waals surface area contributed by atoms with Gasteiger partial charge in [-0.2, -0.15) is 0 Å². The van der Waals surface area contributed by atoms with Gasteiger partial charge < -0.3 is 24.9 Å². The number of rotatable bonds is 8. The van der Waals surface area contributed by atoms with Gasteiger partial charge in [0.2, 0.25) is 5.75 Å². The number of ether oxygens (including phenoxy) is 3. The van der Waals surface area contributed by atoms with Gasteiger partial charge >= 0.3 is 0 Å². The van der Waals surface area contributed by atoms with E-state index in [0.717, 1.165) is 30.0 Å². The summed E-state index contributed by atoms with van der Waals surface area (Å²) in [5.41, 5.74) is 8.13. The largest absolute Gasteiger partial charge is 0.493 e. The van der Waals surface area contributed by atoms with Crippen molar-refractivity contribution in [1.29, 1.82) is 0 Å². The minimum atomic E-state index is -0.631. The first kappa shape index (κ1) is 19.9. The summed E-state index contributed by atoms with van der Waals surface area (Å²) < 4.78 is 44.5. The lowest BCUT2D eigenvalue weighted by Gasteiger charge is -2.14. The number of hydrogen-bond acceptors (Lipinski definition) is 4. The van der Waals surface area contributed by atoms with Crippen LogP contribution in [0.5, 0.6) is 17.2 Å². The summed E-state index contributed by atoms with van der Waals surface area (Å²) in [6, 6.07) is 5.80. The van der Waals surface area contributed by atoms with E-state index < -0.39 is 11.6 Å². The maximum atomic E-state index is 14.4. The zero-order valence-electron chi connectivity index (χ0n) is 16.2. The number of H-pyrrole nitrogens is 1. The fourth-order valence-electron chi connectivity index (χ4n) is 3.45. The molecule has 3 rings (SSSR count). The first-order valence-corrected chi connectivity index (χ1v) is 9.04.